The molecule has 2 aromatic rings. The van der Waals surface area contributed by atoms with Crippen LogP contribution < -0.4 is 10.1 Å². The van der Waals surface area contributed by atoms with Gasteiger partial charge in [0.05, 0.1) is 13.2 Å². The lowest BCUT2D eigenvalue weighted by Gasteiger charge is -2.17. The van der Waals surface area contributed by atoms with Gasteiger partial charge in [-0.2, -0.15) is 0 Å². The summed E-state index contributed by atoms with van der Waals surface area (Å²) in [6.45, 7) is 9.50. The summed E-state index contributed by atoms with van der Waals surface area (Å²) in [7, 11) is 0. The molecule has 0 atom stereocenters. The largest absolute Gasteiger partial charge is 0.489 e. The molecule has 0 aliphatic carbocycles. The van der Waals surface area contributed by atoms with Crippen LogP contribution in [0.5, 0.6) is 5.75 Å². The minimum Gasteiger partial charge on any atom is -0.489 e. The van der Waals surface area contributed by atoms with Crippen LogP contribution in [0, 0.1) is 0 Å². The van der Waals surface area contributed by atoms with Gasteiger partial charge in [0.15, 0.2) is 0 Å². The van der Waals surface area contributed by atoms with Crippen molar-refractivity contribution in [1.82, 2.24) is 10.2 Å². The number of nitrogens with zero attached hydrogens (tertiary/aromatic N) is 1. The molecule has 5 heteroatoms. The van der Waals surface area contributed by atoms with Crippen LogP contribution in [-0.2, 0) is 22.6 Å². The molecule has 1 N–H and O–H groups in total. The summed E-state index contributed by atoms with van der Waals surface area (Å²) in [5.41, 5.74) is 2.35. The predicted molar refractivity (Wildman–Crippen MR) is 117 cm³/mol. The molecule has 0 saturated heterocycles. The highest BCUT2D eigenvalue weighted by molar-refractivity contribution is 5.75. The first-order chi connectivity index (χ1) is 14.2. The number of hydrogen-bond donors (Lipinski definition) is 1. The highest BCUT2D eigenvalue weighted by atomic mass is 16.5. The van der Waals surface area contributed by atoms with E-state index in [1.165, 1.54) is 5.56 Å². The number of amides is 1. The molecule has 2 rings (SSSR count). The van der Waals surface area contributed by atoms with Crippen LogP contribution in [-0.4, -0.2) is 50.2 Å². The van der Waals surface area contributed by atoms with Crippen LogP contribution in [0.2, 0.25) is 0 Å². The Hall–Kier alpha value is -2.37. The lowest BCUT2D eigenvalue weighted by Crippen LogP contribution is -2.35. The number of hydrogen-bond acceptors (Lipinski definition) is 4. The molecule has 0 fully saturated rings. The molecule has 0 aromatic heterocycles. The molecule has 0 saturated carbocycles. The van der Waals surface area contributed by atoms with Crippen molar-refractivity contribution >= 4 is 5.91 Å². The Morgan fingerprint density at radius 3 is 2.34 bits per heavy atom. The molecule has 0 bridgehead atoms. The third-order valence-corrected chi connectivity index (χ3v) is 4.82. The summed E-state index contributed by atoms with van der Waals surface area (Å²) in [5.74, 6) is 0.914. The number of likely N-dealkylation sites (N-methyl/N-ethyl adjacent to an activating group) is 1. The summed E-state index contributed by atoms with van der Waals surface area (Å²) in [5, 5.41) is 2.95. The highest BCUT2D eigenvalue weighted by Gasteiger charge is 2.03. The quantitative estimate of drug-likeness (QED) is 0.493. The molecule has 0 radical (unpaired) electrons. The molecule has 0 aliphatic rings. The van der Waals surface area contributed by atoms with E-state index < -0.39 is 0 Å². The second-order valence-corrected chi connectivity index (χ2v) is 6.91. The molecule has 0 unspecified atom stereocenters. The molecule has 0 heterocycles. The van der Waals surface area contributed by atoms with Gasteiger partial charge in [0, 0.05) is 19.5 Å². The fraction of sp³-hybridized carbons (Fsp3) is 0.458. The Morgan fingerprint density at radius 1 is 0.931 bits per heavy atom. The Bertz CT molecular complexity index is 685. The van der Waals surface area contributed by atoms with Crippen LogP contribution in [0.15, 0.2) is 54.6 Å². The highest BCUT2D eigenvalue weighted by Crippen LogP contribution is 2.14. The van der Waals surface area contributed by atoms with E-state index in [-0.39, 0.29) is 5.91 Å². The van der Waals surface area contributed by atoms with Crippen molar-refractivity contribution < 1.29 is 14.3 Å². The fourth-order valence-corrected chi connectivity index (χ4v) is 2.93. The number of benzene rings is 2. The average molecular weight is 399 g/mol. The topological polar surface area (TPSA) is 50.8 Å². The zero-order valence-corrected chi connectivity index (χ0v) is 17.7. The van der Waals surface area contributed by atoms with Crippen LogP contribution in [0.25, 0.3) is 0 Å². The first-order valence-corrected chi connectivity index (χ1v) is 10.5. The molecule has 0 aliphatic heterocycles. The van der Waals surface area contributed by atoms with E-state index in [1.807, 2.05) is 30.3 Å². The lowest BCUT2D eigenvalue weighted by atomic mass is 10.1. The van der Waals surface area contributed by atoms with Crippen molar-refractivity contribution in [2.24, 2.45) is 0 Å². The van der Waals surface area contributed by atoms with Gasteiger partial charge < -0.3 is 19.7 Å². The molecule has 158 valence electrons. The van der Waals surface area contributed by atoms with Crippen molar-refractivity contribution in [2.45, 2.75) is 33.3 Å². The van der Waals surface area contributed by atoms with Gasteiger partial charge in [-0.15, -0.1) is 0 Å². The number of nitrogens with one attached hydrogen (secondary N) is 1. The molecule has 29 heavy (non-hydrogen) atoms. The van der Waals surface area contributed by atoms with Gasteiger partial charge in [-0.25, -0.2) is 0 Å². The first-order valence-electron chi connectivity index (χ1n) is 10.5. The second kappa shape index (κ2) is 13.7. The van der Waals surface area contributed by atoms with Crippen molar-refractivity contribution in [1.29, 1.82) is 0 Å². The maximum Gasteiger partial charge on any atom is 0.222 e. The van der Waals surface area contributed by atoms with Gasteiger partial charge in [-0.1, -0.05) is 56.3 Å². The van der Waals surface area contributed by atoms with Crippen molar-refractivity contribution in [3.8, 4) is 5.75 Å². The van der Waals surface area contributed by atoms with Gasteiger partial charge in [-0.05, 0) is 42.8 Å². The number of carbonyl (C=O) groups is 1. The zero-order valence-electron chi connectivity index (χ0n) is 17.7. The van der Waals surface area contributed by atoms with Gasteiger partial charge in [0.2, 0.25) is 5.91 Å². The second-order valence-electron chi connectivity index (χ2n) is 6.91. The predicted octanol–water partition coefficient (Wildman–Crippen LogP) is 3.67. The summed E-state index contributed by atoms with van der Waals surface area (Å²) in [6, 6.07) is 18.2. The van der Waals surface area contributed by atoms with E-state index in [9.17, 15) is 4.79 Å². The SMILES string of the molecule is CCN(CC)CCNC(=O)CCOCCc1ccc(OCc2ccccc2)cc1. The van der Waals surface area contributed by atoms with Crippen LogP contribution in [0.1, 0.15) is 31.4 Å². The minimum absolute atomic E-state index is 0.0528. The summed E-state index contributed by atoms with van der Waals surface area (Å²) in [6.07, 6.45) is 1.23. The van der Waals surface area contributed by atoms with E-state index in [0.29, 0.717) is 32.8 Å². The first kappa shape index (κ1) is 22.9. The third kappa shape index (κ3) is 9.59. The molecular formula is C24H34N2O3. The minimum atomic E-state index is 0.0528. The Balaban J connectivity index is 1.54. The Morgan fingerprint density at radius 2 is 1.66 bits per heavy atom. The number of carbonyl (C=O) groups excluding carboxylic acids is 1. The van der Waals surface area contributed by atoms with Gasteiger partial charge in [-0.3, -0.25) is 4.79 Å². The number of rotatable bonds is 14. The van der Waals surface area contributed by atoms with E-state index in [4.69, 9.17) is 9.47 Å². The Labute approximate surface area is 175 Å². The van der Waals surface area contributed by atoms with Crippen molar-refractivity contribution in [3.05, 3.63) is 65.7 Å². The maximum absolute atomic E-state index is 11.8. The maximum atomic E-state index is 11.8. The summed E-state index contributed by atoms with van der Waals surface area (Å²) >= 11 is 0. The summed E-state index contributed by atoms with van der Waals surface area (Å²) in [4.78, 5) is 14.1. The molecule has 1 amide bonds. The molecule has 5 nitrogen and oxygen atoms in total. The Kier molecular flexibility index (Phi) is 10.9. The normalized spacial score (nSPS) is 10.9. The van der Waals surface area contributed by atoms with E-state index in [0.717, 1.165) is 37.4 Å². The van der Waals surface area contributed by atoms with Gasteiger partial charge in [0.1, 0.15) is 12.4 Å². The van der Waals surface area contributed by atoms with Crippen LogP contribution in [0.4, 0.5) is 0 Å². The standard InChI is InChI=1S/C24H34N2O3/c1-3-26(4-2)17-16-25-24(27)15-19-28-18-14-21-10-12-23(13-11-21)29-20-22-8-6-5-7-9-22/h5-13H,3-4,14-20H2,1-2H3,(H,25,27). The van der Waals surface area contributed by atoms with Crippen molar-refractivity contribution in [2.75, 3.05) is 39.4 Å². The monoisotopic (exact) mass is 398 g/mol. The molecule has 0 spiro atoms. The van der Waals surface area contributed by atoms with Gasteiger partial charge >= 0.3 is 0 Å². The average Bonchev–Trinajstić information content (AvgIpc) is 2.76. The van der Waals surface area contributed by atoms with Crippen LogP contribution in [0.3, 0.4) is 0 Å². The molecule has 2 aromatic carbocycles. The van der Waals surface area contributed by atoms with Crippen molar-refractivity contribution in [3.63, 3.8) is 0 Å². The fourth-order valence-electron chi connectivity index (χ4n) is 2.93. The van der Waals surface area contributed by atoms with E-state index in [2.05, 4.69) is 48.3 Å². The smallest absolute Gasteiger partial charge is 0.222 e. The van der Waals surface area contributed by atoms with E-state index in [1.54, 1.807) is 0 Å². The van der Waals surface area contributed by atoms with Gasteiger partial charge in [0.25, 0.3) is 0 Å². The zero-order chi connectivity index (χ0) is 20.7. The van der Waals surface area contributed by atoms with E-state index >= 15 is 0 Å². The number of ether oxygens (including phenoxy) is 2. The summed E-state index contributed by atoms with van der Waals surface area (Å²) < 4.78 is 11.4. The third-order valence-electron chi connectivity index (χ3n) is 4.82. The van der Waals surface area contributed by atoms with Crippen LogP contribution >= 0.6 is 0 Å². The molecular weight excluding hydrogens is 364 g/mol. The lowest BCUT2D eigenvalue weighted by molar-refractivity contribution is -0.122.